The number of nitrogens with one attached hydrogen (secondary N) is 2. The Bertz CT molecular complexity index is 1150. The molecule has 0 amide bonds. The molecular weight excluding hydrogens is 408 g/mol. The molecule has 1 aromatic heterocycles. The smallest absolute Gasteiger partial charge is 0.166 e. The summed E-state index contributed by atoms with van der Waals surface area (Å²) in [6, 6.07) is 17.7. The van der Waals surface area contributed by atoms with Gasteiger partial charge in [0.25, 0.3) is 0 Å². The summed E-state index contributed by atoms with van der Waals surface area (Å²) >= 11 is 1.72. The van der Waals surface area contributed by atoms with Gasteiger partial charge in [0.05, 0.1) is 31.6 Å². The zero-order valence-corrected chi connectivity index (χ0v) is 18.3. The zero-order valence-electron chi connectivity index (χ0n) is 17.5. The van der Waals surface area contributed by atoms with Crippen molar-refractivity contribution >= 4 is 28.5 Å². The third-order valence-electron chi connectivity index (χ3n) is 6.00. The minimum absolute atomic E-state index is 0.155. The molecule has 0 radical (unpaired) electrons. The van der Waals surface area contributed by atoms with Crippen LogP contribution < -0.4 is 20.1 Å². The number of carbonyl (C=O) groups is 1. The Morgan fingerprint density at radius 1 is 0.935 bits per heavy atom. The van der Waals surface area contributed by atoms with E-state index in [2.05, 4.69) is 28.1 Å². The Morgan fingerprint density at radius 2 is 1.77 bits per heavy atom. The molecule has 0 fully saturated rings. The number of rotatable bonds is 4. The van der Waals surface area contributed by atoms with Crippen molar-refractivity contribution in [2.45, 2.75) is 24.8 Å². The highest BCUT2D eigenvalue weighted by molar-refractivity contribution is 7.10. The van der Waals surface area contributed by atoms with E-state index in [1.54, 1.807) is 25.6 Å². The van der Waals surface area contributed by atoms with Crippen molar-refractivity contribution in [2.75, 3.05) is 24.9 Å². The van der Waals surface area contributed by atoms with Gasteiger partial charge in [-0.2, -0.15) is 0 Å². The summed E-state index contributed by atoms with van der Waals surface area (Å²) < 4.78 is 11.3. The SMILES string of the molecule is COc1cccc([C@H]2Nc3ccccc3NC3=C2C(=O)C[C@@H](c2cccs2)C3)c1OC. The van der Waals surface area contributed by atoms with Gasteiger partial charge in [0.1, 0.15) is 0 Å². The second-order valence-corrected chi connectivity index (χ2v) is 8.75. The number of ketones is 1. The summed E-state index contributed by atoms with van der Waals surface area (Å²) in [6.07, 6.45) is 1.29. The molecule has 0 saturated heterocycles. The molecule has 2 aliphatic rings. The molecule has 31 heavy (non-hydrogen) atoms. The predicted octanol–water partition coefficient (Wildman–Crippen LogP) is 5.74. The number of fused-ring (bicyclic) bond motifs is 1. The highest BCUT2D eigenvalue weighted by Crippen LogP contribution is 2.47. The first-order chi connectivity index (χ1) is 15.2. The Balaban J connectivity index is 1.67. The van der Waals surface area contributed by atoms with Crippen molar-refractivity contribution in [2.24, 2.45) is 0 Å². The van der Waals surface area contributed by atoms with Gasteiger partial charge in [-0.05, 0) is 36.1 Å². The number of thiophene rings is 1. The fourth-order valence-electron chi connectivity index (χ4n) is 4.59. The van der Waals surface area contributed by atoms with Crippen molar-refractivity contribution in [3.8, 4) is 11.5 Å². The van der Waals surface area contributed by atoms with Crippen LogP contribution in [0.3, 0.4) is 0 Å². The minimum atomic E-state index is -0.340. The van der Waals surface area contributed by atoms with Gasteiger partial charge in [0, 0.05) is 34.0 Å². The Hall–Kier alpha value is -3.25. The summed E-state index contributed by atoms with van der Waals surface area (Å²) in [4.78, 5) is 14.8. The molecule has 0 unspecified atom stereocenters. The van der Waals surface area contributed by atoms with E-state index in [0.717, 1.165) is 34.6 Å². The third kappa shape index (κ3) is 3.47. The number of benzene rings is 2. The van der Waals surface area contributed by atoms with Crippen LogP contribution in [0.2, 0.25) is 0 Å². The number of para-hydroxylation sites is 3. The number of carbonyl (C=O) groups excluding carboxylic acids is 1. The van der Waals surface area contributed by atoms with Crippen molar-refractivity contribution in [3.63, 3.8) is 0 Å². The second-order valence-electron chi connectivity index (χ2n) is 7.77. The molecule has 1 aliphatic carbocycles. The Labute approximate surface area is 185 Å². The van der Waals surface area contributed by atoms with E-state index < -0.39 is 0 Å². The molecule has 2 aromatic carbocycles. The average Bonchev–Trinajstić information content (AvgIpc) is 3.27. The maximum Gasteiger partial charge on any atom is 0.166 e. The van der Waals surface area contributed by atoms with Gasteiger partial charge in [-0.25, -0.2) is 0 Å². The molecule has 2 heterocycles. The van der Waals surface area contributed by atoms with Crippen LogP contribution in [0, 0.1) is 0 Å². The lowest BCUT2D eigenvalue weighted by atomic mass is 9.80. The van der Waals surface area contributed by atoms with E-state index in [4.69, 9.17) is 9.47 Å². The maximum absolute atomic E-state index is 13.6. The molecule has 0 spiro atoms. The number of hydrogen-bond donors (Lipinski definition) is 2. The van der Waals surface area contributed by atoms with Crippen molar-refractivity contribution in [3.05, 3.63) is 81.7 Å². The molecule has 5 rings (SSSR count). The third-order valence-corrected chi connectivity index (χ3v) is 7.03. The zero-order chi connectivity index (χ0) is 21.4. The fraction of sp³-hybridized carbons (Fsp3) is 0.240. The molecule has 3 aromatic rings. The molecule has 158 valence electrons. The monoisotopic (exact) mass is 432 g/mol. The Kier molecular flexibility index (Phi) is 5.16. The van der Waals surface area contributed by atoms with Gasteiger partial charge < -0.3 is 20.1 Å². The van der Waals surface area contributed by atoms with Gasteiger partial charge in [-0.1, -0.05) is 30.3 Å². The van der Waals surface area contributed by atoms with E-state index in [1.165, 1.54) is 4.88 Å². The largest absolute Gasteiger partial charge is 0.493 e. The number of anilines is 2. The predicted molar refractivity (Wildman–Crippen MR) is 124 cm³/mol. The normalized spacial score (nSPS) is 20.1. The highest BCUT2D eigenvalue weighted by Gasteiger charge is 2.37. The average molecular weight is 433 g/mol. The fourth-order valence-corrected chi connectivity index (χ4v) is 5.42. The van der Waals surface area contributed by atoms with Crippen molar-refractivity contribution < 1.29 is 14.3 Å². The highest BCUT2D eigenvalue weighted by atomic mass is 32.1. The maximum atomic E-state index is 13.6. The van der Waals surface area contributed by atoms with Crippen LogP contribution in [0.25, 0.3) is 0 Å². The van der Waals surface area contributed by atoms with Crippen LogP contribution in [0.4, 0.5) is 11.4 Å². The molecule has 0 saturated carbocycles. The van der Waals surface area contributed by atoms with Crippen molar-refractivity contribution in [1.82, 2.24) is 0 Å². The lowest BCUT2D eigenvalue weighted by Gasteiger charge is -2.30. The molecular formula is C25H24N2O3S. The lowest BCUT2D eigenvalue weighted by Crippen LogP contribution is -2.27. The summed E-state index contributed by atoms with van der Waals surface area (Å²) in [5, 5.41) is 9.26. The summed E-state index contributed by atoms with van der Waals surface area (Å²) in [7, 11) is 3.26. The van der Waals surface area contributed by atoms with Crippen molar-refractivity contribution in [1.29, 1.82) is 0 Å². The first-order valence-electron chi connectivity index (χ1n) is 10.3. The van der Waals surface area contributed by atoms with Gasteiger partial charge in [-0.3, -0.25) is 4.79 Å². The van der Waals surface area contributed by atoms with E-state index in [-0.39, 0.29) is 17.7 Å². The van der Waals surface area contributed by atoms with Crippen LogP contribution in [0.5, 0.6) is 11.5 Å². The van der Waals surface area contributed by atoms with Gasteiger partial charge >= 0.3 is 0 Å². The summed E-state index contributed by atoms with van der Waals surface area (Å²) in [5.41, 5.74) is 4.56. The van der Waals surface area contributed by atoms with Gasteiger partial charge in [-0.15, -0.1) is 11.3 Å². The van der Waals surface area contributed by atoms with Crippen LogP contribution in [0.1, 0.15) is 35.2 Å². The van der Waals surface area contributed by atoms with E-state index in [0.29, 0.717) is 17.9 Å². The Morgan fingerprint density at radius 3 is 2.52 bits per heavy atom. The number of ether oxygens (including phenoxy) is 2. The number of hydrogen-bond acceptors (Lipinski definition) is 6. The van der Waals surface area contributed by atoms with Crippen LogP contribution >= 0.6 is 11.3 Å². The summed E-state index contributed by atoms with van der Waals surface area (Å²) in [6.45, 7) is 0. The van der Waals surface area contributed by atoms with E-state index in [1.807, 2.05) is 42.5 Å². The lowest BCUT2D eigenvalue weighted by molar-refractivity contribution is -0.116. The standard InChI is InChI=1S/C25H24N2O3S/c1-29-21-10-5-7-16(25(21)30-2)24-23-19(26-17-8-3-4-9-18(17)27-24)13-15(14-20(23)28)22-11-6-12-31-22/h3-12,15,24,26-27H,13-14H2,1-2H3/t15-,24+/m0/s1. The first kappa shape index (κ1) is 19.7. The number of Topliss-reactive ketones (excluding diaryl/α,β-unsaturated/α-hetero) is 1. The number of methoxy groups -OCH3 is 2. The first-order valence-corrected chi connectivity index (χ1v) is 11.2. The van der Waals surface area contributed by atoms with Crippen LogP contribution in [-0.4, -0.2) is 20.0 Å². The van der Waals surface area contributed by atoms with Crippen LogP contribution in [-0.2, 0) is 4.79 Å². The summed E-state index contributed by atoms with van der Waals surface area (Å²) in [5.74, 6) is 1.63. The van der Waals surface area contributed by atoms with Gasteiger partial charge in [0.15, 0.2) is 17.3 Å². The molecule has 5 nitrogen and oxygen atoms in total. The number of allylic oxidation sites excluding steroid dienone is 1. The minimum Gasteiger partial charge on any atom is -0.493 e. The molecule has 2 atom stereocenters. The molecule has 0 bridgehead atoms. The van der Waals surface area contributed by atoms with E-state index >= 15 is 0 Å². The van der Waals surface area contributed by atoms with Gasteiger partial charge in [0.2, 0.25) is 0 Å². The molecule has 2 N–H and O–H groups in total. The topological polar surface area (TPSA) is 59.6 Å². The van der Waals surface area contributed by atoms with E-state index in [9.17, 15) is 4.79 Å². The van der Waals surface area contributed by atoms with Crippen LogP contribution in [0.15, 0.2) is 71.2 Å². The quantitative estimate of drug-likeness (QED) is 0.550. The second kappa shape index (κ2) is 8.12. The molecule has 1 aliphatic heterocycles. The molecule has 6 heteroatoms.